The lowest BCUT2D eigenvalue weighted by atomic mass is 10.1. The van der Waals surface area contributed by atoms with Gasteiger partial charge >= 0.3 is 0 Å². The molecule has 3 aromatic rings. The average Bonchev–Trinajstić information content (AvgIpc) is 3.05. The molecule has 0 bridgehead atoms. The Balaban J connectivity index is 1.55. The standard InChI is InChI=1S/C18H16FN3O2/c1-12-2-4-14(5-3-12)18(23)20-11-10-16-21-17(22-24-16)13-6-8-15(19)9-7-13/h2-9H,10-11H2,1H3,(H,20,23). The van der Waals surface area contributed by atoms with Crippen LogP contribution in [0.3, 0.4) is 0 Å². The molecule has 6 heteroatoms. The molecule has 0 spiro atoms. The number of amides is 1. The molecule has 0 atom stereocenters. The van der Waals surface area contributed by atoms with Crippen molar-refractivity contribution in [2.75, 3.05) is 6.54 Å². The maximum Gasteiger partial charge on any atom is 0.251 e. The fourth-order valence-electron chi connectivity index (χ4n) is 2.16. The summed E-state index contributed by atoms with van der Waals surface area (Å²) in [5, 5.41) is 6.67. The van der Waals surface area contributed by atoms with Gasteiger partial charge in [-0.25, -0.2) is 4.39 Å². The lowest BCUT2D eigenvalue weighted by molar-refractivity contribution is 0.0953. The first-order chi connectivity index (χ1) is 11.6. The van der Waals surface area contributed by atoms with E-state index in [2.05, 4.69) is 15.5 Å². The van der Waals surface area contributed by atoms with E-state index in [1.165, 1.54) is 12.1 Å². The number of benzene rings is 2. The fourth-order valence-corrected chi connectivity index (χ4v) is 2.16. The largest absolute Gasteiger partial charge is 0.352 e. The van der Waals surface area contributed by atoms with Gasteiger partial charge in [0.05, 0.1) is 0 Å². The van der Waals surface area contributed by atoms with Crippen LogP contribution in [0.4, 0.5) is 4.39 Å². The molecule has 5 nitrogen and oxygen atoms in total. The fraction of sp³-hybridized carbons (Fsp3) is 0.167. The predicted molar refractivity (Wildman–Crippen MR) is 86.9 cm³/mol. The van der Waals surface area contributed by atoms with Gasteiger partial charge in [0.2, 0.25) is 11.7 Å². The van der Waals surface area contributed by atoms with Gasteiger partial charge in [-0.2, -0.15) is 4.98 Å². The van der Waals surface area contributed by atoms with E-state index in [0.29, 0.717) is 35.8 Å². The molecule has 0 aliphatic heterocycles. The summed E-state index contributed by atoms with van der Waals surface area (Å²) in [4.78, 5) is 16.2. The highest BCUT2D eigenvalue weighted by atomic mass is 19.1. The van der Waals surface area contributed by atoms with Crippen LogP contribution >= 0.6 is 0 Å². The van der Waals surface area contributed by atoms with E-state index in [1.807, 2.05) is 19.1 Å². The van der Waals surface area contributed by atoms with E-state index in [0.717, 1.165) is 5.56 Å². The number of carbonyl (C=O) groups excluding carboxylic acids is 1. The van der Waals surface area contributed by atoms with E-state index in [-0.39, 0.29) is 11.7 Å². The van der Waals surface area contributed by atoms with Crippen LogP contribution < -0.4 is 5.32 Å². The van der Waals surface area contributed by atoms with Crippen LogP contribution in [0.25, 0.3) is 11.4 Å². The number of nitrogens with zero attached hydrogens (tertiary/aromatic N) is 2. The molecule has 0 saturated heterocycles. The smallest absolute Gasteiger partial charge is 0.251 e. The van der Waals surface area contributed by atoms with Gasteiger partial charge in [-0.1, -0.05) is 22.9 Å². The zero-order valence-corrected chi connectivity index (χ0v) is 13.1. The molecule has 24 heavy (non-hydrogen) atoms. The maximum atomic E-state index is 12.9. The molecule has 3 rings (SSSR count). The van der Waals surface area contributed by atoms with Gasteiger partial charge in [0.15, 0.2) is 0 Å². The lowest BCUT2D eigenvalue weighted by Crippen LogP contribution is -2.25. The number of hydrogen-bond donors (Lipinski definition) is 1. The number of rotatable bonds is 5. The normalized spacial score (nSPS) is 10.6. The average molecular weight is 325 g/mol. The SMILES string of the molecule is Cc1ccc(C(=O)NCCc2nc(-c3ccc(F)cc3)no2)cc1. The van der Waals surface area contributed by atoms with E-state index in [1.54, 1.807) is 24.3 Å². The Morgan fingerprint density at radius 1 is 1.12 bits per heavy atom. The quantitative estimate of drug-likeness (QED) is 0.782. The molecule has 1 heterocycles. The number of halogens is 1. The Hall–Kier alpha value is -3.02. The molecule has 1 N–H and O–H groups in total. The van der Waals surface area contributed by atoms with Crippen LogP contribution in [0.1, 0.15) is 21.8 Å². The minimum atomic E-state index is -0.318. The number of carbonyl (C=O) groups is 1. The molecule has 122 valence electrons. The Labute approximate surface area is 138 Å². The second-order valence-electron chi connectivity index (χ2n) is 5.39. The summed E-state index contributed by atoms with van der Waals surface area (Å²) in [5.74, 6) is 0.350. The first kappa shape index (κ1) is 15.9. The number of aryl methyl sites for hydroxylation is 1. The van der Waals surface area contributed by atoms with E-state index < -0.39 is 0 Å². The zero-order valence-electron chi connectivity index (χ0n) is 13.1. The molecule has 0 fully saturated rings. The Morgan fingerprint density at radius 2 is 1.83 bits per heavy atom. The van der Waals surface area contributed by atoms with Crippen molar-refractivity contribution in [3.05, 3.63) is 71.4 Å². The maximum absolute atomic E-state index is 12.9. The second-order valence-corrected chi connectivity index (χ2v) is 5.39. The molecule has 0 aliphatic carbocycles. The van der Waals surface area contributed by atoms with Crippen LogP contribution in [0.2, 0.25) is 0 Å². The van der Waals surface area contributed by atoms with Gasteiger partial charge in [0.1, 0.15) is 5.82 Å². The summed E-state index contributed by atoms with van der Waals surface area (Å²) in [6.07, 6.45) is 0.422. The van der Waals surface area contributed by atoms with Crippen molar-refractivity contribution in [1.29, 1.82) is 0 Å². The molecular weight excluding hydrogens is 309 g/mol. The van der Waals surface area contributed by atoms with Crippen LogP contribution in [0.15, 0.2) is 53.1 Å². The van der Waals surface area contributed by atoms with Crippen molar-refractivity contribution in [1.82, 2.24) is 15.5 Å². The Morgan fingerprint density at radius 3 is 2.54 bits per heavy atom. The van der Waals surface area contributed by atoms with Crippen molar-refractivity contribution >= 4 is 5.91 Å². The molecule has 0 unspecified atom stereocenters. The predicted octanol–water partition coefficient (Wildman–Crippen LogP) is 3.16. The highest BCUT2D eigenvalue weighted by Crippen LogP contribution is 2.16. The van der Waals surface area contributed by atoms with Gasteiger partial charge in [-0.05, 0) is 43.3 Å². The molecule has 0 aliphatic rings. The first-order valence-corrected chi connectivity index (χ1v) is 7.55. The molecule has 1 amide bonds. The van der Waals surface area contributed by atoms with Crippen LogP contribution in [-0.2, 0) is 6.42 Å². The lowest BCUT2D eigenvalue weighted by Gasteiger charge is -2.03. The van der Waals surface area contributed by atoms with Crippen molar-refractivity contribution < 1.29 is 13.7 Å². The van der Waals surface area contributed by atoms with Gasteiger partial charge in [-0.15, -0.1) is 0 Å². The van der Waals surface area contributed by atoms with Crippen molar-refractivity contribution in [2.45, 2.75) is 13.3 Å². The molecule has 1 aromatic heterocycles. The third kappa shape index (κ3) is 3.84. The van der Waals surface area contributed by atoms with Crippen molar-refractivity contribution in [2.24, 2.45) is 0 Å². The minimum Gasteiger partial charge on any atom is -0.352 e. The third-order valence-corrected chi connectivity index (χ3v) is 3.51. The highest BCUT2D eigenvalue weighted by Gasteiger charge is 2.10. The highest BCUT2D eigenvalue weighted by molar-refractivity contribution is 5.94. The van der Waals surface area contributed by atoms with Crippen LogP contribution in [0, 0.1) is 12.7 Å². The van der Waals surface area contributed by atoms with E-state index in [4.69, 9.17) is 4.52 Å². The van der Waals surface area contributed by atoms with Crippen molar-refractivity contribution in [3.63, 3.8) is 0 Å². The van der Waals surface area contributed by atoms with Gasteiger partial charge in [0, 0.05) is 24.1 Å². The molecular formula is C18H16FN3O2. The topological polar surface area (TPSA) is 68.0 Å². The molecule has 0 radical (unpaired) electrons. The zero-order chi connectivity index (χ0) is 16.9. The first-order valence-electron chi connectivity index (χ1n) is 7.55. The van der Waals surface area contributed by atoms with Gasteiger partial charge < -0.3 is 9.84 Å². The van der Waals surface area contributed by atoms with Crippen LogP contribution in [0.5, 0.6) is 0 Å². The summed E-state index contributed by atoms with van der Waals surface area (Å²) in [6.45, 7) is 2.35. The van der Waals surface area contributed by atoms with Crippen molar-refractivity contribution in [3.8, 4) is 11.4 Å². The third-order valence-electron chi connectivity index (χ3n) is 3.51. The molecule has 2 aromatic carbocycles. The minimum absolute atomic E-state index is 0.145. The number of nitrogens with one attached hydrogen (secondary N) is 1. The van der Waals surface area contributed by atoms with E-state index >= 15 is 0 Å². The number of hydrogen-bond acceptors (Lipinski definition) is 4. The summed E-state index contributed by atoms with van der Waals surface area (Å²) < 4.78 is 18.1. The second kappa shape index (κ2) is 7.04. The van der Waals surface area contributed by atoms with E-state index in [9.17, 15) is 9.18 Å². The summed E-state index contributed by atoms with van der Waals surface area (Å²) in [6, 6.07) is 13.2. The van der Waals surface area contributed by atoms with Gasteiger partial charge in [0.25, 0.3) is 5.91 Å². The summed E-state index contributed by atoms with van der Waals surface area (Å²) in [5.41, 5.74) is 2.39. The Kier molecular flexibility index (Phi) is 4.65. The monoisotopic (exact) mass is 325 g/mol. The molecule has 0 saturated carbocycles. The van der Waals surface area contributed by atoms with Crippen LogP contribution in [-0.4, -0.2) is 22.6 Å². The van der Waals surface area contributed by atoms with Gasteiger partial charge in [-0.3, -0.25) is 4.79 Å². The number of aromatic nitrogens is 2. The Bertz CT molecular complexity index is 826. The summed E-state index contributed by atoms with van der Waals surface area (Å²) >= 11 is 0. The summed E-state index contributed by atoms with van der Waals surface area (Å²) in [7, 11) is 0.